The van der Waals surface area contributed by atoms with Crippen molar-refractivity contribution in [3.8, 4) is 0 Å². The first kappa shape index (κ1) is 22.1. The molecule has 1 aromatic carbocycles. The molecule has 3 heterocycles. The number of aromatic nitrogens is 2. The zero-order valence-electron chi connectivity index (χ0n) is 18.1. The van der Waals surface area contributed by atoms with Gasteiger partial charge in [0.05, 0.1) is 30.3 Å². The Kier molecular flexibility index (Phi) is 6.64. The molecule has 0 spiro atoms. The lowest BCUT2D eigenvalue weighted by Gasteiger charge is -2.36. The van der Waals surface area contributed by atoms with Gasteiger partial charge in [-0.3, -0.25) is 14.4 Å². The molecular formula is C23H27FN4O4. The summed E-state index contributed by atoms with van der Waals surface area (Å²) in [6, 6.07) is 5.62. The molecule has 0 unspecified atom stereocenters. The number of aromatic amines is 1. The number of likely N-dealkylation sites (tertiary alicyclic amines) is 1. The summed E-state index contributed by atoms with van der Waals surface area (Å²) in [5, 5.41) is 0. The van der Waals surface area contributed by atoms with Crippen molar-refractivity contribution < 1.29 is 18.7 Å². The Hall–Kier alpha value is -3.07. The molecule has 0 radical (unpaired) electrons. The van der Waals surface area contributed by atoms with Crippen molar-refractivity contribution in [2.45, 2.75) is 44.7 Å². The molecule has 32 heavy (non-hydrogen) atoms. The van der Waals surface area contributed by atoms with E-state index in [4.69, 9.17) is 9.72 Å². The van der Waals surface area contributed by atoms with Crippen LogP contribution >= 0.6 is 0 Å². The van der Waals surface area contributed by atoms with Gasteiger partial charge in [-0.15, -0.1) is 0 Å². The number of carbonyl (C=O) groups excluding carboxylic acids is 2. The number of fused-ring (bicyclic) bond motifs is 1. The summed E-state index contributed by atoms with van der Waals surface area (Å²) in [5.41, 5.74) is 1.65. The number of carbonyl (C=O) groups is 2. The zero-order chi connectivity index (χ0) is 22.7. The Balaban J connectivity index is 1.54. The van der Waals surface area contributed by atoms with Gasteiger partial charge in [0.25, 0.3) is 5.56 Å². The Labute approximate surface area is 185 Å². The lowest BCUT2D eigenvalue weighted by molar-refractivity contribution is -0.136. The van der Waals surface area contributed by atoms with Crippen molar-refractivity contribution in [1.82, 2.24) is 19.8 Å². The molecule has 0 saturated carbocycles. The molecule has 2 aliphatic heterocycles. The summed E-state index contributed by atoms with van der Waals surface area (Å²) in [5.74, 6) is -0.0718. The van der Waals surface area contributed by atoms with Crippen LogP contribution < -0.4 is 5.56 Å². The predicted octanol–water partition coefficient (Wildman–Crippen LogP) is 1.74. The molecule has 1 N–H and O–H groups in total. The number of hydrogen-bond donors (Lipinski definition) is 1. The minimum absolute atomic E-state index is 0.0219. The van der Waals surface area contributed by atoms with Crippen LogP contribution in [0.5, 0.6) is 0 Å². The van der Waals surface area contributed by atoms with Crippen molar-refractivity contribution >= 4 is 11.8 Å². The Morgan fingerprint density at radius 2 is 1.97 bits per heavy atom. The second-order valence-electron chi connectivity index (χ2n) is 8.28. The molecular weight excluding hydrogens is 415 g/mol. The Morgan fingerprint density at radius 3 is 2.72 bits per heavy atom. The summed E-state index contributed by atoms with van der Waals surface area (Å²) in [4.78, 5) is 49.0. The molecule has 8 nitrogen and oxygen atoms in total. The zero-order valence-corrected chi connectivity index (χ0v) is 18.1. The van der Waals surface area contributed by atoms with Crippen LogP contribution in [0, 0.1) is 5.82 Å². The first-order valence-electron chi connectivity index (χ1n) is 10.9. The second kappa shape index (κ2) is 9.60. The molecule has 0 bridgehead atoms. The quantitative estimate of drug-likeness (QED) is 0.761. The minimum Gasteiger partial charge on any atom is -0.375 e. The number of H-pyrrole nitrogens is 1. The number of rotatable bonds is 5. The third-order valence-electron chi connectivity index (χ3n) is 6.11. The maximum Gasteiger partial charge on any atom is 0.256 e. The normalized spacial score (nSPS) is 18.4. The van der Waals surface area contributed by atoms with Crippen LogP contribution in [0.3, 0.4) is 0 Å². The molecule has 1 fully saturated rings. The van der Waals surface area contributed by atoms with Crippen LogP contribution in [0.15, 0.2) is 29.1 Å². The van der Waals surface area contributed by atoms with Gasteiger partial charge in [0.15, 0.2) is 0 Å². The third-order valence-corrected chi connectivity index (χ3v) is 6.11. The number of piperidine rings is 1. The summed E-state index contributed by atoms with van der Waals surface area (Å²) in [6.07, 6.45) is 3.19. The van der Waals surface area contributed by atoms with E-state index in [9.17, 15) is 18.8 Å². The Bertz CT molecular complexity index is 1050. The van der Waals surface area contributed by atoms with Crippen molar-refractivity contribution in [3.05, 3.63) is 63.1 Å². The number of methoxy groups -OCH3 is 1. The van der Waals surface area contributed by atoms with Gasteiger partial charge in [-0.2, -0.15) is 0 Å². The highest BCUT2D eigenvalue weighted by Gasteiger charge is 2.32. The highest BCUT2D eigenvalue weighted by molar-refractivity contribution is 5.79. The smallest absolute Gasteiger partial charge is 0.256 e. The maximum absolute atomic E-state index is 13.2. The van der Waals surface area contributed by atoms with Gasteiger partial charge in [0.1, 0.15) is 18.2 Å². The van der Waals surface area contributed by atoms with E-state index < -0.39 is 0 Å². The van der Waals surface area contributed by atoms with Crippen molar-refractivity contribution in [2.75, 3.05) is 26.8 Å². The van der Waals surface area contributed by atoms with Gasteiger partial charge in [-0.05, 0) is 37.0 Å². The van der Waals surface area contributed by atoms with E-state index in [1.165, 1.54) is 19.2 Å². The van der Waals surface area contributed by atoms with E-state index in [0.717, 1.165) is 24.8 Å². The van der Waals surface area contributed by atoms with Crippen molar-refractivity contribution in [1.29, 1.82) is 0 Å². The first-order chi connectivity index (χ1) is 15.5. The predicted molar refractivity (Wildman–Crippen MR) is 114 cm³/mol. The number of nitrogens with zero attached hydrogens (tertiary/aromatic N) is 3. The first-order valence-corrected chi connectivity index (χ1v) is 10.9. The second-order valence-corrected chi connectivity index (χ2v) is 8.28. The number of nitrogens with one attached hydrogen (secondary N) is 1. The highest BCUT2D eigenvalue weighted by atomic mass is 19.1. The van der Waals surface area contributed by atoms with Gasteiger partial charge < -0.3 is 19.5 Å². The number of amides is 2. The molecule has 2 aromatic rings. The van der Waals surface area contributed by atoms with Gasteiger partial charge in [0.2, 0.25) is 11.8 Å². The number of benzene rings is 1. The van der Waals surface area contributed by atoms with Gasteiger partial charge >= 0.3 is 0 Å². The van der Waals surface area contributed by atoms with Crippen LogP contribution in [0.25, 0.3) is 0 Å². The van der Waals surface area contributed by atoms with Crippen LogP contribution in [0.4, 0.5) is 4.39 Å². The summed E-state index contributed by atoms with van der Waals surface area (Å²) >= 11 is 0. The van der Waals surface area contributed by atoms with E-state index in [1.807, 2.05) is 0 Å². The van der Waals surface area contributed by atoms with Crippen molar-refractivity contribution in [2.24, 2.45) is 0 Å². The fourth-order valence-corrected chi connectivity index (χ4v) is 4.42. The molecule has 9 heteroatoms. The summed E-state index contributed by atoms with van der Waals surface area (Å²) in [6.45, 7) is 1.25. The molecule has 170 valence electrons. The molecule has 1 saturated heterocycles. The fraction of sp³-hybridized carbons (Fsp3) is 0.478. The molecule has 2 amide bonds. The summed E-state index contributed by atoms with van der Waals surface area (Å²) < 4.78 is 18.1. The lowest BCUT2D eigenvalue weighted by atomic mass is 9.99. The van der Waals surface area contributed by atoms with Crippen LogP contribution in [0.1, 0.15) is 47.9 Å². The molecule has 1 atom stereocenters. The van der Waals surface area contributed by atoms with Gasteiger partial charge in [-0.25, -0.2) is 9.37 Å². The van der Waals surface area contributed by atoms with Crippen molar-refractivity contribution in [3.63, 3.8) is 0 Å². The summed E-state index contributed by atoms with van der Waals surface area (Å²) in [7, 11) is 1.46. The lowest BCUT2D eigenvalue weighted by Crippen LogP contribution is -2.43. The SMILES string of the molecule is COCC(=O)N1CCc2nc([C@@H]3CCCCN3C(=O)Cc3ccc(F)cc3)[nH]c(=O)c2C1. The van der Waals surface area contributed by atoms with E-state index in [-0.39, 0.29) is 48.8 Å². The van der Waals surface area contributed by atoms with E-state index in [0.29, 0.717) is 36.6 Å². The Morgan fingerprint density at radius 1 is 1.19 bits per heavy atom. The van der Waals surface area contributed by atoms with Crippen LogP contribution in [-0.4, -0.2) is 58.4 Å². The average molecular weight is 442 g/mol. The van der Waals surface area contributed by atoms with E-state index >= 15 is 0 Å². The molecule has 4 rings (SSSR count). The highest BCUT2D eigenvalue weighted by Crippen LogP contribution is 2.30. The van der Waals surface area contributed by atoms with Gasteiger partial charge in [-0.1, -0.05) is 12.1 Å². The average Bonchev–Trinajstić information content (AvgIpc) is 2.80. The van der Waals surface area contributed by atoms with Gasteiger partial charge in [0, 0.05) is 26.6 Å². The standard InChI is InChI=1S/C23H27FN4O4/c1-32-14-21(30)27-11-9-18-17(13-27)23(31)26-22(25-18)19-4-2-3-10-28(19)20(29)12-15-5-7-16(24)8-6-15/h5-8,19H,2-4,9-14H2,1H3,(H,25,26,31)/t19-/m0/s1. The van der Waals surface area contributed by atoms with Crippen LogP contribution in [0.2, 0.25) is 0 Å². The fourth-order valence-electron chi connectivity index (χ4n) is 4.42. The minimum atomic E-state index is -0.338. The molecule has 0 aliphatic carbocycles. The monoisotopic (exact) mass is 442 g/mol. The largest absolute Gasteiger partial charge is 0.375 e. The maximum atomic E-state index is 13.2. The molecule has 2 aliphatic rings. The topological polar surface area (TPSA) is 95.6 Å². The van der Waals surface area contributed by atoms with Crippen LogP contribution in [-0.2, 0) is 33.7 Å². The third kappa shape index (κ3) is 4.72. The number of halogens is 1. The van der Waals surface area contributed by atoms with E-state index in [1.54, 1.807) is 21.9 Å². The molecule has 1 aromatic heterocycles. The number of hydrogen-bond acceptors (Lipinski definition) is 5. The van der Waals surface area contributed by atoms with E-state index in [2.05, 4.69) is 4.98 Å². The number of ether oxygens (including phenoxy) is 1.